The highest BCUT2D eigenvalue weighted by atomic mass is 16.6. The maximum Gasteiger partial charge on any atom is 0.407 e. The summed E-state index contributed by atoms with van der Waals surface area (Å²) in [5, 5.41) is 2.73. The summed E-state index contributed by atoms with van der Waals surface area (Å²) < 4.78 is 5.19. The Morgan fingerprint density at radius 1 is 1.42 bits per heavy atom. The van der Waals surface area contributed by atoms with Crippen molar-refractivity contribution in [2.75, 3.05) is 6.54 Å². The van der Waals surface area contributed by atoms with Gasteiger partial charge in [-0.3, -0.25) is 9.97 Å². The Labute approximate surface area is 113 Å². The summed E-state index contributed by atoms with van der Waals surface area (Å²) in [6.07, 6.45) is 3.44. The summed E-state index contributed by atoms with van der Waals surface area (Å²) in [4.78, 5) is 20.0. The fraction of sp³-hybridized carbons (Fsp3) is 0.615. The molecular formula is C13H22N4O2. The molecule has 0 radical (unpaired) electrons. The van der Waals surface area contributed by atoms with E-state index in [0.717, 1.165) is 11.4 Å². The predicted molar refractivity (Wildman–Crippen MR) is 72.7 cm³/mol. The number of alkyl carbamates (subject to hydrolysis) is 1. The predicted octanol–water partition coefficient (Wildman–Crippen LogP) is 1.18. The number of nitrogens with one attached hydrogen (secondary N) is 1. The van der Waals surface area contributed by atoms with Crippen LogP contribution in [0.3, 0.4) is 0 Å². The zero-order chi connectivity index (χ0) is 14.5. The van der Waals surface area contributed by atoms with E-state index in [9.17, 15) is 4.79 Å². The maximum atomic E-state index is 11.6. The van der Waals surface area contributed by atoms with Crippen molar-refractivity contribution >= 4 is 6.09 Å². The van der Waals surface area contributed by atoms with Gasteiger partial charge >= 0.3 is 6.09 Å². The van der Waals surface area contributed by atoms with Crippen LogP contribution in [0.1, 0.15) is 32.2 Å². The van der Waals surface area contributed by atoms with Crippen LogP contribution in [0, 0.1) is 6.92 Å². The first-order chi connectivity index (χ1) is 8.80. The molecule has 1 rings (SSSR count). The fourth-order valence-corrected chi connectivity index (χ4v) is 1.44. The van der Waals surface area contributed by atoms with Crippen molar-refractivity contribution in [2.24, 2.45) is 5.73 Å². The molecule has 0 spiro atoms. The number of aromatic nitrogens is 2. The molecule has 0 aliphatic carbocycles. The van der Waals surface area contributed by atoms with Crippen LogP contribution in [0.5, 0.6) is 0 Å². The molecule has 1 aromatic heterocycles. The second kappa shape index (κ2) is 6.47. The average Bonchev–Trinajstić information content (AvgIpc) is 2.28. The topological polar surface area (TPSA) is 90.1 Å². The number of hydrogen-bond acceptors (Lipinski definition) is 5. The largest absolute Gasteiger partial charge is 0.444 e. The first kappa shape index (κ1) is 15.4. The first-order valence-corrected chi connectivity index (χ1v) is 6.27. The molecule has 1 aromatic rings. The van der Waals surface area contributed by atoms with E-state index in [1.807, 2.05) is 27.7 Å². The molecule has 0 aliphatic rings. The summed E-state index contributed by atoms with van der Waals surface area (Å²) in [5.41, 5.74) is 6.77. The van der Waals surface area contributed by atoms with E-state index < -0.39 is 11.7 Å². The van der Waals surface area contributed by atoms with Gasteiger partial charge in [0.1, 0.15) is 5.60 Å². The van der Waals surface area contributed by atoms with Gasteiger partial charge in [-0.1, -0.05) is 0 Å². The third-order valence-electron chi connectivity index (χ3n) is 2.30. The summed E-state index contributed by atoms with van der Waals surface area (Å²) in [6.45, 7) is 7.63. The first-order valence-electron chi connectivity index (χ1n) is 6.27. The normalized spacial score (nSPS) is 12.9. The monoisotopic (exact) mass is 266 g/mol. The van der Waals surface area contributed by atoms with Gasteiger partial charge in [0, 0.05) is 31.4 Å². The minimum absolute atomic E-state index is 0.216. The van der Waals surface area contributed by atoms with Gasteiger partial charge in [-0.25, -0.2) is 4.79 Å². The van der Waals surface area contributed by atoms with Gasteiger partial charge in [-0.15, -0.1) is 0 Å². The quantitative estimate of drug-likeness (QED) is 0.854. The number of nitrogens with two attached hydrogens (primary N) is 1. The zero-order valence-corrected chi connectivity index (χ0v) is 11.9. The van der Waals surface area contributed by atoms with Crippen LogP contribution in [0.15, 0.2) is 12.4 Å². The number of rotatable bonds is 4. The molecule has 0 bridgehead atoms. The summed E-state index contributed by atoms with van der Waals surface area (Å²) >= 11 is 0. The Bertz CT molecular complexity index is 412. The minimum Gasteiger partial charge on any atom is -0.444 e. The number of aryl methyl sites for hydroxylation is 1. The lowest BCUT2D eigenvalue weighted by atomic mass is 10.1. The molecule has 1 unspecified atom stereocenters. The summed E-state index contributed by atoms with van der Waals surface area (Å²) in [7, 11) is 0. The van der Waals surface area contributed by atoms with Gasteiger partial charge in [0.2, 0.25) is 0 Å². The minimum atomic E-state index is -0.521. The van der Waals surface area contributed by atoms with Crippen molar-refractivity contribution in [3.63, 3.8) is 0 Å². The number of amides is 1. The highest BCUT2D eigenvalue weighted by Crippen LogP contribution is 2.07. The molecule has 0 saturated carbocycles. The molecule has 1 heterocycles. The highest BCUT2D eigenvalue weighted by molar-refractivity contribution is 5.68. The van der Waals surface area contributed by atoms with E-state index in [-0.39, 0.29) is 6.04 Å². The van der Waals surface area contributed by atoms with Gasteiger partial charge in [-0.2, -0.15) is 0 Å². The zero-order valence-electron chi connectivity index (χ0n) is 11.9. The van der Waals surface area contributed by atoms with Gasteiger partial charge in [0.05, 0.1) is 11.4 Å². The van der Waals surface area contributed by atoms with E-state index in [1.165, 1.54) is 0 Å². The van der Waals surface area contributed by atoms with Crippen molar-refractivity contribution in [1.29, 1.82) is 0 Å². The standard InChI is InChI=1S/C13H22N4O2/c1-9-7-16-11(8-15-9)5-10(6-14)17-12(18)19-13(2,3)4/h7-8,10H,5-6,14H2,1-4H3,(H,17,18). The Kier molecular flexibility index (Phi) is 5.23. The van der Waals surface area contributed by atoms with Crippen LogP contribution in [0.25, 0.3) is 0 Å². The molecule has 0 saturated heterocycles. The van der Waals surface area contributed by atoms with Crippen LogP contribution in [0.4, 0.5) is 4.79 Å². The third kappa shape index (κ3) is 6.15. The lowest BCUT2D eigenvalue weighted by Crippen LogP contribution is -2.44. The van der Waals surface area contributed by atoms with E-state index in [1.54, 1.807) is 12.4 Å². The lowest BCUT2D eigenvalue weighted by Gasteiger charge is -2.22. The molecule has 0 fully saturated rings. The van der Waals surface area contributed by atoms with Crippen LogP contribution in [0.2, 0.25) is 0 Å². The Balaban J connectivity index is 2.54. The molecule has 6 nitrogen and oxygen atoms in total. The SMILES string of the molecule is Cc1cnc(CC(CN)NC(=O)OC(C)(C)C)cn1. The lowest BCUT2D eigenvalue weighted by molar-refractivity contribution is 0.0505. The van der Waals surface area contributed by atoms with Crippen LogP contribution in [-0.4, -0.2) is 34.2 Å². The van der Waals surface area contributed by atoms with Gasteiger partial charge in [0.15, 0.2) is 0 Å². The van der Waals surface area contributed by atoms with Crippen LogP contribution >= 0.6 is 0 Å². The molecule has 0 aromatic carbocycles. The van der Waals surface area contributed by atoms with Crippen molar-refractivity contribution in [3.05, 3.63) is 23.8 Å². The Morgan fingerprint density at radius 3 is 2.58 bits per heavy atom. The fourth-order valence-electron chi connectivity index (χ4n) is 1.44. The Hall–Kier alpha value is -1.69. The van der Waals surface area contributed by atoms with E-state index in [2.05, 4.69) is 15.3 Å². The number of hydrogen-bond donors (Lipinski definition) is 2. The molecular weight excluding hydrogens is 244 g/mol. The third-order valence-corrected chi connectivity index (χ3v) is 2.30. The smallest absolute Gasteiger partial charge is 0.407 e. The number of ether oxygens (including phenoxy) is 1. The van der Waals surface area contributed by atoms with Crippen LogP contribution in [-0.2, 0) is 11.2 Å². The van der Waals surface area contributed by atoms with Crippen LogP contribution < -0.4 is 11.1 Å². The van der Waals surface area contributed by atoms with E-state index >= 15 is 0 Å². The van der Waals surface area contributed by atoms with Crippen molar-refractivity contribution < 1.29 is 9.53 Å². The average molecular weight is 266 g/mol. The number of carbonyl (C=O) groups is 1. The second-order valence-corrected chi connectivity index (χ2v) is 5.43. The van der Waals surface area contributed by atoms with Crippen molar-refractivity contribution in [1.82, 2.24) is 15.3 Å². The molecule has 1 atom stereocenters. The molecule has 1 amide bonds. The van der Waals surface area contributed by atoms with Crippen molar-refractivity contribution in [2.45, 2.75) is 45.8 Å². The van der Waals surface area contributed by atoms with Gasteiger partial charge in [-0.05, 0) is 27.7 Å². The summed E-state index contributed by atoms with van der Waals surface area (Å²) in [6, 6.07) is -0.216. The molecule has 19 heavy (non-hydrogen) atoms. The van der Waals surface area contributed by atoms with Gasteiger partial charge < -0.3 is 15.8 Å². The molecule has 0 aliphatic heterocycles. The Morgan fingerprint density at radius 2 is 2.11 bits per heavy atom. The second-order valence-electron chi connectivity index (χ2n) is 5.43. The highest BCUT2D eigenvalue weighted by Gasteiger charge is 2.19. The van der Waals surface area contributed by atoms with E-state index in [4.69, 9.17) is 10.5 Å². The molecule has 6 heteroatoms. The molecule has 106 valence electrons. The summed E-state index contributed by atoms with van der Waals surface area (Å²) in [5.74, 6) is 0. The maximum absolute atomic E-state index is 11.6. The number of nitrogens with zero attached hydrogens (tertiary/aromatic N) is 2. The van der Waals surface area contributed by atoms with Gasteiger partial charge in [0.25, 0.3) is 0 Å². The number of carbonyl (C=O) groups excluding carboxylic acids is 1. The van der Waals surface area contributed by atoms with Crippen molar-refractivity contribution in [3.8, 4) is 0 Å². The molecule has 3 N–H and O–H groups in total. The van der Waals surface area contributed by atoms with E-state index in [0.29, 0.717) is 13.0 Å².